The zero-order valence-corrected chi connectivity index (χ0v) is 11.5. The Kier molecular flexibility index (Phi) is 7.52. The fourth-order valence-corrected chi connectivity index (χ4v) is 1.17. The Morgan fingerprint density at radius 3 is 2.37 bits per heavy atom. The molecule has 19 heavy (non-hydrogen) atoms. The van der Waals surface area contributed by atoms with Crippen molar-refractivity contribution < 1.29 is 18.9 Å². The van der Waals surface area contributed by atoms with Crippen LogP contribution in [0, 0.1) is 0 Å². The summed E-state index contributed by atoms with van der Waals surface area (Å²) in [7, 11) is 3.11. The predicted octanol–water partition coefficient (Wildman–Crippen LogP) is 0.354. The van der Waals surface area contributed by atoms with Crippen LogP contribution in [0.25, 0.3) is 0 Å². The molecule has 1 N–H and O–H groups in total. The first-order chi connectivity index (χ1) is 9.30. The number of methoxy groups -OCH3 is 2. The number of ether oxygens (including phenoxy) is 4. The first-order valence-electron chi connectivity index (χ1n) is 6.03. The van der Waals surface area contributed by atoms with Crippen molar-refractivity contribution in [2.24, 2.45) is 0 Å². The summed E-state index contributed by atoms with van der Waals surface area (Å²) in [6.45, 7) is 4.52. The lowest BCUT2D eigenvalue weighted by molar-refractivity contribution is 0.0527. The van der Waals surface area contributed by atoms with Crippen LogP contribution in [0.1, 0.15) is 6.92 Å². The van der Waals surface area contributed by atoms with Gasteiger partial charge in [0.15, 0.2) is 0 Å². The Bertz CT molecular complexity index is 365. The van der Waals surface area contributed by atoms with Gasteiger partial charge in [-0.15, -0.1) is 4.98 Å². The maximum atomic E-state index is 5.37. The van der Waals surface area contributed by atoms with Gasteiger partial charge in [0, 0.05) is 13.7 Å². The molecule has 0 atom stereocenters. The van der Waals surface area contributed by atoms with Crippen molar-refractivity contribution in [1.82, 2.24) is 15.0 Å². The van der Waals surface area contributed by atoms with Crippen molar-refractivity contribution in [3.63, 3.8) is 0 Å². The number of aromatic nitrogens is 3. The highest BCUT2D eigenvalue weighted by Crippen LogP contribution is 2.12. The van der Waals surface area contributed by atoms with Gasteiger partial charge in [-0.2, -0.15) is 9.97 Å². The molecule has 0 saturated heterocycles. The maximum absolute atomic E-state index is 5.37. The van der Waals surface area contributed by atoms with Gasteiger partial charge in [-0.3, -0.25) is 0 Å². The van der Waals surface area contributed by atoms with Gasteiger partial charge >= 0.3 is 12.0 Å². The molecule has 1 aromatic heterocycles. The van der Waals surface area contributed by atoms with Crippen LogP contribution < -0.4 is 14.8 Å². The quantitative estimate of drug-likeness (QED) is 0.611. The Labute approximate surface area is 112 Å². The molecule has 0 saturated carbocycles. The molecule has 0 amide bonds. The standard InChI is InChI=1S/C11H20N4O4/c1-4-12-9-13-10(17-3)15-11(14-9)19-8-7-18-6-5-16-2/h4-8H2,1-3H3,(H,12,13,14,15). The summed E-state index contributed by atoms with van der Waals surface area (Å²) in [6, 6.07) is 0.416. The van der Waals surface area contributed by atoms with E-state index in [0.717, 1.165) is 0 Å². The Morgan fingerprint density at radius 2 is 1.68 bits per heavy atom. The second-order valence-electron chi connectivity index (χ2n) is 3.41. The van der Waals surface area contributed by atoms with Crippen LogP contribution in [-0.4, -0.2) is 62.1 Å². The first-order valence-corrected chi connectivity index (χ1v) is 6.03. The van der Waals surface area contributed by atoms with E-state index in [0.29, 0.717) is 38.9 Å². The minimum atomic E-state index is 0.207. The molecule has 0 aromatic carbocycles. The van der Waals surface area contributed by atoms with E-state index in [2.05, 4.69) is 20.3 Å². The molecule has 0 bridgehead atoms. The molecule has 108 valence electrons. The number of nitrogens with zero attached hydrogens (tertiary/aromatic N) is 3. The topological polar surface area (TPSA) is 87.6 Å². The van der Waals surface area contributed by atoms with E-state index in [1.54, 1.807) is 7.11 Å². The van der Waals surface area contributed by atoms with Gasteiger partial charge in [0.25, 0.3) is 0 Å². The second-order valence-corrected chi connectivity index (χ2v) is 3.41. The molecule has 1 aromatic rings. The van der Waals surface area contributed by atoms with Crippen LogP contribution >= 0.6 is 0 Å². The molecule has 0 aliphatic rings. The number of hydrogen-bond donors (Lipinski definition) is 1. The largest absolute Gasteiger partial charge is 0.467 e. The van der Waals surface area contributed by atoms with Crippen molar-refractivity contribution in [2.45, 2.75) is 6.92 Å². The van der Waals surface area contributed by atoms with E-state index in [9.17, 15) is 0 Å². The normalized spacial score (nSPS) is 10.3. The SMILES string of the molecule is CCNc1nc(OC)nc(OCCOCCOC)n1. The van der Waals surface area contributed by atoms with Crippen molar-refractivity contribution in [3.05, 3.63) is 0 Å². The van der Waals surface area contributed by atoms with Gasteiger partial charge in [-0.1, -0.05) is 0 Å². The molecule has 8 nitrogen and oxygen atoms in total. The molecular weight excluding hydrogens is 252 g/mol. The Hall–Kier alpha value is -1.67. The van der Waals surface area contributed by atoms with Crippen molar-refractivity contribution >= 4 is 5.95 Å². The van der Waals surface area contributed by atoms with Crippen LogP contribution in [0.4, 0.5) is 5.95 Å². The highest BCUT2D eigenvalue weighted by Gasteiger charge is 2.07. The lowest BCUT2D eigenvalue weighted by atomic mass is 10.7. The zero-order valence-electron chi connectivity index (χ0n) is 11.5. The first kappa shape index (κ1) is 15.4. The van der Waals surface area contributed by atoms with Gasteiger partial charge < -0.3 is 24.3 Å². The predicted molar refractivity (Wildman–Crippen MR) is 68.7 cm³/mol. The van der Waals surface area contributed by atoms with Crippen LogP contribution in [-0.2, 0) is 9.47 Å². The summed E-state index contributed by atoms with van der Waals surface area (Å²) in [5, 5.41) is 2.97. The average Bonchev–Trinajstić information content (AvgIpc) is 2.43. The van der Waals surface area contributed by atoms with Crippen molar-refractivity contribution in [2.75, 3.05) is 52.5 Å². The van der Waals surface area contributed by atoms with E-state index in [-0.39, 0.29) is 12.0 Å². The lowest BCUT2D eigenvalue weighted by Crippen LogP contribution is -2.13. The second kappa shape index (κ2) is 9.29. The lowest BCUT2D eigenvalue weighted by Gasteiger charge is -2.08. The fourth-order valence-electron chi connectivity index (χ4n) is 1.17. The van der Waals surface area contributed by atoms with Gasteiger partial charge in [-0.05, 0) is 6.92 Å². The Morgan fingerprint density at radius 1 is 0.947 bits per heavy atom. The smallest absolute Gasteiger partial charge is 0.324 e. The summed E-state index contributed by atoms with van der Waals surface area (Å²) in [5.41, 5.74) is 0. The monoisotopic (exact) mass is 272 g/mol. The van der Waals surface area contributed by atoms with E-state index in [1.807, 2.05) is 6.92 Å². The van der Waals surface area contributed by atoms with Gasteiger partial charge in [0.2, 0.25) is 5.95 Å². The van der Waals surface area contributed by atoms with Crippen molar-refractivity contribution in [1.29, 1.82) is 0 Å². The highest BCUT2D eigenvalue weighted by molar-refractivity contribution is 5.27. The number of rotatable bonds is 10. The van der Waals surface area contributed by atoms with Crippen LogP contribution in [0.15, 0.2) is 0 Å². The maximum Gasteiger partial charge on any atom is 0.324 e. The van der Waals surface area contributed by atoms with Gasteiger partial charge in [0.1, 0.15) is 6.61 Å². The third kappa shape index (κ3) is 6.16. The molecule has 0 fully saturated rings. The fraction of sp³-hybridized carbons (Fsp3) is 0.727. The minimum absolute atomic E-state index is 0.207. The highest BCUT2D eigenvalue weighted by atomic mass is 16.5. The third-order valence-electron chi connectivity index (χ3n) is 2.00. The molecule has 0 spiro atoms. The van der Waals surface area contributed by atoms with E-state index >= 15 is 0 Å². The van der Waals surface area contributed by atoms with Crippen molar-refractivity contribution in [3.8, 4) is 12.0 Å². The van der Waals surface area contributed by atoms with E-state index in [1.165, 1.54) is 7.11 Å². The molecule has 0 aliphatic heterocycles. The molecule has 0 unspecified atom stereocenters. The zero-order chi connectivity index (χ0) is 13.9. The minimum Gasteiger partial charge on any atom is -0.467 e. The molecular formula is C11H20N4O4. The van der Waals surface area contributed by atoms with Crippen LogP contribution in [0.5, 0.6) is 12.0 Å². The van der Waals surface area contributed by atoms with Gasteiger partial charge in [0.05, 0.1) is 26.9 Å². The molecule has 1 heterocycles. The van der Waals surface area contributed by atoms with Gasteiger partial charge in [-0.25, -0.2) is 0 Å². The average molecular weight is 272 g/mol. The molecule has 0 aliphatic carbocycles. The van der Waals surface area contributed by atoms with E-state index < -0.39 is 0 Å². The third-order valence-corrected chi connectivity index (χ3v) is 2.00. The number of anilines is 1. The summed E-state index contributed by atoms with van der Waals surface area (Å²) in [6.07, 6.45) is 0. The summed E-state index contributed by atoms with van der Waals surface area (Å²) < 4.78 is 20.5. The summed E-state index contributed by atoms with van der Waals surface area (Å²) >= 11 is 0. The molecule has 1 rings (SSSR count). The number of nitrogens with one attached hydrogen (secondary N) is 1. The van der Waals surface area contributed by atoms with Crippen LogP contribution in [0.3, 0.4) is 0 Å². The number of hydrogen-bond acceptors (Lipinski definition) is 8. The summed E-state index contributed by atoms with van der Waals surface area (Å²) in [4.78, 5) is 12.1. The van der Waals surface area contributed by atoms with Crippen LogP contribution in [0.2, 0.25) is 0 Å². The molecule has 8 heteroatoms. The summed E-state index contributed by atoms with van der Waals surface area (Å²) in [5.74, 6) is 0.421. The van der Waals surface area contributed by atoms with E-state index in [4.69, 9.17) is 18.9 Å². The molecule has 0 radical (unpaired) electrons. The Balaban J connectivity index is 2.41.